The van der Waals surface area contributed by atoms with E-state index in [0.29, 0.717) is 6.54 Å². The van der Waals surface area contributed by atoms with Gasteiger partial charge in [0, 0.05) is 31.4 Å². The molecule has 6 nitrogen and oxygen atoms in total. The highest BCUT2D eigenvalue weighted by atomic mass is 16.5. The van der Waals surface area contributed by atoms with Crippen molar-refractivity contribution in [3.05, 3.63) is 17.0 Å². The summed E-state index contributed by atoms with van der Waals surface area (Å²) < 4.78 is 6.33. The highest BCUT2D eigenvalue weighted by Gasteiger charge is 2.30. The zero-order valence-corrected chi connectivity index (χ0v) is 11.6. The summed E-state index contributed by atoms with van der Waals surface area (Å²) in [6.07, 6.45) is 0. The lowest BCUT2D eigenvalue weighted by Crippen LogP contribution is -2.45. The van der Waals surface area contributed by atoms with Crippen LogP contribution in [0.4, 0.5) is 0 Å². The smallest absolute Gasteiger partial charge is 0.338 e. The summed E-state index contributed by atoms with van der Waals surface area (Å²) in [4.78, 5) is 11.3. The molecule has 102 valence electrons. The number of hydrogen-bond acceptors (Lipinski definition) is 5. The first-order valence-corrected chi connectivity index (χ1v) is 5.80. The molecule has 0 amide bonds. The van der Waals surface area contributed by atoms with Crippen LogP contribution < -0.4 is 5.32 Å². The van der Waals surface area contributed by atoms with Gasteiger partial charge in [0.15, 0.2) is 5.60 Å². The second kappa shape index (κ2) is 5.49. The molecule has 1 aromatic rings. The molecule has 0 bridgehead atoms. The summed E-state index contributed by atoms with van der Waals surface area (Å²) in [6.45, 7) is 6.03. The third-order valence-electron chi connectivity index (χ3n) is 3.06. The van der Waals surface area contributed by atoms with Gasteiger partial charge < -0.3 is 15.2 Å². The minimum atomic E-state index is -1.52. The standard InChI is InChI=1S/C12H21N3O3/c1-8-10(9(2)15(4)14-8)6-13-7-12(3,17)11(16)18-5/h13,17H,6-7H2,1-5H3. The van der Waals surface area contributed by atoms with Crippen molar-refractivity contribution in [3.63, 3.8) is 0 Å². The number of nitrogens with one attached hydrogen (secondary N) is 1. The van der Waals surface area contributed by atoms with Crippen molar-refractivity contribution < 1.29 is 14.6 Å². The molecule has 1 heterocycles. The molecular weight excluding hydrogens is 234 g/mol. The van der Waals surface area contributed by atoms with E-state index in [4.69, 9.17) is 0 Å². The minimum Gasteiger partial charge on any atom is -0.467 e. The normalized spacial score (nSPS) is 14.3. The van der Waals surface area contributed by atoms with Crippen LogP contribution in [-0.2, 0) is 23.1 Å². The van der Waals surface area contributed by atoms with Crippen molar-refractivity contribution in [3.8, 4) is 0 Å². The largest absolute Gasteiger partial charge is 0.467 e. The lowest BCUT2D eigenvalue weighted by Gasteiger charge is -2.20. The Bertz CT molecular complexity index is 438. The van der Waals surface area contributed by atoms with Gasteiger partial charge in [0.2, 0.25) is 0 Å². The molecule has 1 aromatic heterocycles. The van der Waals surface area contributed by atoms with Crippen LogP contribution in [0.2, 0.25) is 0 Å². The SMILES string of the molecule is COC(=O)C(C)(O)CNCc1c(C)nn(C)c1C. The van der Waals surface area contributed by atoms with E-state index in [0.717, 1.165) is 17.0 Å². The molecule has 0 aliphatic heterocycles. The summed E-state index contributed by atoms with van der Waals surface area (Å²) >= 11 is 0. The minimum absolute atomic E-state index is 0.132. The predicted octanol–water partition coefficient (Wildman–Crippen LogP) is 0.0505. The van der Waals surface area contributed by atoms with E-state index in [1.807, 2.05) is 25.6 Å². The second-order valence-electron chi connectivity index (χ2n) is 4.64. The molecule has 0 fully saturated rings. The molecule has 0 aliphatic rings. The van der Waals surface area contributed by atoms with Gasteiger partial charge in [-0.1, -0.05) is 0 Å². The van der Waals surface area contributed by atoms with Gasteiger partial charge in [-0.15, -0.1) is 0 Å². The summed E-state index contributed by atoms with van der Waals surface area (Å²) in [6, 6.07) is 0. The number of methoxy groups -OCH3 is 1. The second-order valence-corrected chi connectivity index (χ2v) is 4.64. The first kappa shape index (κ1) is 14.7. The zero-order valence-electron chi connectivity index (χ0n) is 11.6. The van der Waals surface area contributed by atoms with Gasteiger partial charge in [0.1, 0.15) is 0 Å². The number of aromatic nitrogens is 2. The van der Waals surface area contributed by atoms with Crippen molar-refractivity contribution in [1.29, 1.82) is 0 Å². The average Bonchev–Trinajstić information content (AvgIpc) is 2.54. The molecule has 0 radical (unpaired) electrons. The van der Waals surface area contributed by atoms with Crippen LogP contribution in [0.15, 0.2) is 0 Å². The number of rotatable bonds is 5. The van der Waals surface area contributed by atoms with Gasteiger partial charge >= 0.3 is 5.97 Å². The van der Waals surface area contributed by atoms with Crippen LogP contribution in [0, 0.1) is 13.8 Å². The summed E-state index contributed by atoms with van der Waals surface area (Å²) in [7, 11) is 3.14. The molecule has 6 heteroatoms. The number of esters is 1. The lowest BCUT2D eigenvalue weighted by atomic mass is 10.1. The predicted molar refractivity (Wildman–Crippen MR) is 67.0 cm³/mol. The third kappa shape index (κ3) is 3.08. The van der Waals surface area contributed by atoms with Crippen LogP contribution in [0.1, 0.15) is 23.9 Å². The van der Waals surface area contributed by atoms with E-state index in [-0.39, 0.29) is 6.54 Å². The molecule has 0 spiro atoms. The molecule has 0 aliphatic carbocycles. The average molecular weight is 255 g/mol. The van der Waals surface area contributed by atoms with Crippen molar-refractivity contribution >= 4 is 5.97 Å². The molecule has 0 saturated heterocycles. The van der Waals surface area contributed by atoms with Crippen LogP contribution in [0.5, 0.6) is 0 Å². The Labute approximate surface area is 107 Å². The number of hydrogen-bond donors (Lipinski definition) is 2. The Morgan fingerprint density at radius 1 is 1.56 bits per heavy atom. The summed E-state index contributed by atoms with van der Waals surface area (Å²) in [5.41, 5.74) is 1.58. The maximum absolute atomic E-state index is 11.3. The Kier molecular flexibility index (Phi) is 4.48. The van der Waals surface area contributed by atoms with Crippen LogP contribution >= 0.6 is 0 Å². The number of nitrogens with zero attached hydrogens (tertiary/aromatic N) is 2. The van der Waals surface area contributed by atoms with Gasteiger partial charge in [0.25, 0.3) is 0 Å². The van der Waals surface area contributed by atoms with Crippen molar-refractivity contribution in [2.75, 3.05) is 13.7 Å². The first-order chi connectivity index (χ1) is 8.29. The highest BCUT2D eigenvalue weighted by molar-refractivity contribution is 5.78. The number of carbonyl (C=O) groups excluding carboxylic acids is 1. The number of carbonyl (C=O) groups is 1. The number of aliphatic hydroxyl groups is 1. The third-order valence-corrected chi connectivity index (χ3v) is 3.06. The quantitative estimate of drug-likeness (QED) is 0.727. The van der Waals surface area contributed by atoms with E-state index in [9.17, 15) is 9.90 Å². The van der Waals surface area contributed by atoms with E-state index >= 15 is 0 Å². The van der Waals surface area contributed by atoms with E-state index < -0.39 is 11.6 Å². The van der Waals surface area contributed by atoms with Crippen molar-refractivity contribution in [1.82, 2.24) is 15.1 Å². The zero-order chi connectivity index (χ0) is 13.9. The molecule has 0 aromatic carbocycles. The van der Waals surface area contributed by atoms with Crippen LogP contribution in [0.3, 0.4) is 0 Å². The fourth-order valence-electron chi connectivity index (χ4n) is 1.80. The van der Waals surface area contributed by atoms with E-state index in [1.165, 1.54) is 14.0 Å². The molecule has 2 N–H and O–H groups in total. The van der Waals surface area contributed by atoms with Gasteiger partial charge in [0.05, 0.1) is 12.8 Å². The monoisotopic (exact) mass is 255 g/mol. The summed E-state index contributed by atoms with van der Waals surface area (Å²) in [5.74, 6) is -0.644. The lowest BCUT2D eigenvalue weighted by molar-refractivity contribution is -0.159. The Morgan fingerprint density at radius 3 is 2.61 bits per heavy atom. The van der Waals surface area contributed by atoms with E-state index in [2.05, 4.69) is 15.2 Å². The fourth-order valence-corrected chi connectivity index (χ4v) is 1.80. The Morgan fingerprint density at radius 2 is 2.17 bits per heavy atom. The Hall–Kier alpha value is -1.40. The van der Waals surface area contributed by atoms with Crippen molar-refractivity contribution in [2.45, 2.75) is 32.9 Å². The van der Waals surface area contributed by atoms with Crippen LogP contribution in [0.25, 0.3) is 0 Å². The molecule has 1 atom stereocenters. The van der Waals surface area contributed by atoms with Crippen molar-refractivity contribution in [2.24, 2.45) is 7.05 Å². The number of ether oxygens (including phenoxy) is 1. The highest BCUT2D eigenvalue weighted by Crippen LogP contribution is 2.12. The topological polar surface area (TPSA) is 76.4 Å². The van der Waals surface area contributed by atoms with Gasteiger partial charge in [-0.05, 0) is 20.8 Å². The van der Waals surface area contributed by atoms with Gasteiger partial charge in [-0.2, -0.15) is 5.10 Å². The summed E-state index contributed by atoms with van der Waals surface area (Å²) in [5, 5.41) is 17.2. The van der Waals surface area contributed by atoms with Gasteiger partial charge in [-0.25, -0.2) is 4.79 Å². The maximum atomic E-state index is 11.3. The Balaban J connectivity index is 2.59. The molecule has 1 rings (SSSR count). The molecular formula is C12H21N3O3. The molecule has 0 saturated carbocycles. The fraction of sp³-hybridized carbons (Fsp3) is 0.667. The number of aryl methyl sites for hydroxylation is 2. The first-order valence-electron chi connectivity index (χ1n) is 5.80. The van der Waals surface area contributed by atoms with Crippen LogP contribution in [-0.4, -0.2) is 40.1 Å². The molecule has 1 unspecified atom stereocenters. The maximum Gasteiger partial charge on any atom is 0.338 e. The van der Waals surface area contributed by atoms with E-state index in [1.54, 1.807) is 0 Å². The molecule has 18 heavy (non-hydrogen) atoms. The van der Waals surface area contributed by atoms with Gasteiger partial charge in [-0.3, -0.25) is 4.68 Å².